The fourth-order valence-corrected chi connectivity index (χ4v) is 3.57. The number of fused-ring (bicyclic) bond motifs is 1. The lowest BCUT2D eigenvalue weighted by atomic mass is 10.0. The minimum atomic E-state index is -0.00825. The molecule has 0 aliphatic carbocycles. The van der Waals surface area contributed by atoms with Crippen molar-refractivity contribution in [3.8, 4) is 11.5 Å². The van der Waals surface area contributed by atoms with Crippen LogP contribution in [0.25, 0.3) is 17.0 Å². The molecule has 0 saturated carbocycles. The van der Waals surface area contributed by atoms with Crippen LogP contribution in [0.15, 0.2) is 67.3 Å². The third-order valence-electron chi connectivity index (χ3n) is 5.15. The molecule has 1 N–H and O–H groups in total. The van der Waals surface area contributed by atoms with Gasteiger partial charge in [-0.25, -0.2) is 4.98 Å². The van der Waals surface area contributed by atoms with E-state index in [1.54, 1.807) is 36.7 Å². The molecule has 0 unspecified atom stereocenters. The van der Waals surface area contributed by atoms with Crippen LogP contribution < -0.4 is 4.74 Å². The van der Waals surface area contributed by atoms with Crippen LogP contribution in [0, 0.1) is 0 Å². The Bertz CT molecular complexity index is 1230. The molecule has 2 heterocycles. The number of aromatic nitrogens is 3. The fourth-order valence-electron chi connectivity index (χ4n) is 3.57. The number of aromatic hydroxyl groups is 1. The van der Waals surface area contributed by atoms with Crippen molar-refractivity contribution in [1.29, 1.82) is 0 Å². The van der Waals surface area contributed by atoms with E-state index in [9.17, 15) is 9.90 Å². The number of ether oxygens (including phenoxy) is 1. The largest absolute Gasteiger partial charge is 0.504 e. The monoisotopic (exact) mass is 401 g/mol. The van der Waals surface area contributed by atoms with Crippen molar-refractivity contribution in [2.24, 2.45) is 7.05 Å². The van der Waals surface area contributed by atoms with E-state index >= 15 is 0 Å². The van der Waals surface area contributed by atoms with Gasteiger partial charge in [0.05, 0.1) is 31.2 Å². The number of para-hydroxylation sites is 1. The van der Waals surface area contributed by atoms with E-state index < -0.39 is 0 Å². The van der Waals surface area contributed by atoms with Gasteiger partial charge in [-0.1, -0.05) is 30.3 Å². The van der Waals surface area contributed by atoms with Crippen LogP contribution in [0.2, 0.25) is 0 Å². The minimum Gasteiger partial charge on any atom is -0.504 e. The normalized spacial score (nSPS) is 11.4. The second-order valence-electron chi connectivity index (χ2n) is 7.20. The van der Waals surface area contributed by atoms with Gasteiger partial charge in [0.15, 0.2) is 17.3 Å². The second kappa shape index (κ2) is 8.29. The molecule has 2 aromatic heterocycles. The van der Waals surface area contributed by atoms with Crippen molar-refractivity contribution >= 4 is 22.8 Å². The lowest BCUT2D eigenvalue weighted by molar-refractivity contribution is -0.113. The summed E-state index contributed by atoms with van der Waals surface area (Å²) in [6.45, 7) is 0.687. The summed E-state index contributed by atoms with van der Waals surface area (Å²) in [5.74, 6) is 0.440. The number of aryl methyl sites for hydroxylation is 1. The molecule has 30 heavy (non-hydrogen) atoms. The first kappa shape index (κ1) is 19.5. The number of methoxy groups -OCH3 is 1. The maximum absolute atomic E-state index is 12.6. The zero-order valence-electron chi connectivity index (χ0n) is 16.9. The number of phenols is 1. The second-order valence-corrected chi connectivity index (χ2v) is 7.20. The van der Waals surface area contributed by atoms with E-state index in [2.05, 4.69) is 21.7 Å². The molecule has 0 spiro atoms. The van der Waals surface area contributed by atoms with Gasteiger partial charge in [-0.05, 0) is 40.8 Å². The van der Waals surface area contributed by atoms with Crippen LogP contribution in [0.3, 0.4) is 0 Å². The average Bonchev–Trinajstić information content (AvgIpc) is 3.34. The molecule has 0 saturated heterocycles. The molecule has 0 aliphatic heterocycles. The number of ketones is 1. The quantitative estimate of drug-likeness (QED) is 0.476. The van der Waals surface area contributed by atoms with Crippen LogP contribution in [-0.2, 0) is 24.8 Å². The summed E-state index contributed by atoms with van der Waals surface area (Å²) in [6.07, 6.45) is 9.23. The van der Waals surface area contributed by atoms with E-state index in [0.717, 1.165) is 27.7 Å². The molecular weight excluding hydrogens is 378 g/mol. The number of allylic oxidation sites excluding steroid dienone is 1. The number of benzene rings is 2. The third-order valence-corrected chi connectivity index (χ3v) is 5.15. The first-order chi connectivity index (χ1) is 14.5. The molecule has 6 nitrogen and oxygen atoms in total. The number of hydrogen-bond donors (Lipinski definition) is 1. The molecule has 0 atom stereocenters. The van der Waals surface area contributed by atoms with Crippen LogP contribution >= 0.6 is 0 Å². The van der Waals surface area contributed by atoms with E-state index in [0.29, 0.717) is 18.7 Å². The molecule has 6 heteroatoms. The van der Waals surface area contributed by atoms with Crippen molar-refractivity contribution < 1.29 is 14.6 Å². The summed E-state index contributed by atoms with van der Waals surface area (Å²) in [4.78, 5) is 16.8. The Hall–Kier alpha value is -3.80. The van der Waals surface area contributed by atoms with E-state index in [1.165, 1.54) is 7.11 Å². The molecule has 0 amide bonds. The lowest BCUT2D eigenvalue weighted by Crippen LogP contribution is -2.06. The number of carbonyl (C=O) groups excluding carboxylic acids is 1. The van der Waals surface area contributed by atoms with Gasteiger partial charge in [0.25, 0.3) is 0 Å². The summed E-state index contributed by atoms with van der Waals surface area (Å²) >= 11 is 0. The van der Waals surface area contributed by atoms with Crippen molar-refractivity contribution in [2.45, 2.75) is 13.0 Å². The first-order valence-corrected chi connectivity index (χ1v) is 9.65. The highest BCUT2D eigenvalue weighted by molar-refractivity contribution is 5.97. The maximum Gasteiger partial charge on any atom is 0.160 e. The van der Waals surface area contributed by atoms with Crippen LogP contribution in [0.1, 0.15) is 16.8 Å². The molecule has 0 bridgehead atoms. The average molecular weight is 401 g/mol. The smallest absolute Gasteiger partial charge is 0.160 e. The van der Waals surface area contributed by atoms with Crippen LogP contribution in [0.5, 0.6) is 11.5 Å². The van der Waals surface area contributed by atoms with Gasteiger partial charge in [0, 0.05) is 25.9 Å². The van der Waals surface area contributed by atoms with Crippen molar-refractivity contribution in [3.63, 3.8) is 0 Å². The molecule has 0 fully saturated rings. The summed E-state index contributed by atoms with van der Waals surface area (Å²) in [6, 6.07) is 13.1. The maximum atomic E-state index is 12.6. The molecule has 4 aromatic rings. The third kappa shape index (κ3) is 3.98. The molecule has 152 valence electrons. The highest BCUT2D eigenvalue weighted by Gasteiger charge is 2.11. The summed E-state index contributed by atoms with van der Waals surface area (Å²) in [5, 5.41) is 11.0. The lowest BCUT2D eigenvalue weighted by Gasteiger charge is -2.10. The Morgan fingerprint density at radius 1 is 1.23 bits per heavy atom. The van der Waals surface area contributed by atoms with Gasteiger partial charge >= 0.3 is 0 Å². The molecule has 2 aromatic carbocycles. The van der Waals surface area contributed by atoms with Gasteiger partial charge in [0.1, 0.15) is 0 Å². The summed E-state index contributed by atoms with van der Waals surface area (Å²) < 4.78 is 9.19. The minimum absolute atomic E-state index is 0.00825. The predicted octanol–water partition coefficient (Wildman–Crippen LogP) is 3.96. The molecule has 0 aliphatic rings. The standard InChI is InChI=1S/C24H23N3O3/c1-26-16-25-14-20(26)15-27-11-10-18-4-3-5-19(24(18)27)13-21(28)8-6-17-7-9-23(30-2)22(29)12-17/h3-12,14,16,29H,13,15H2,1-2H3/b8-6+. The van der Waals surface area contributed by atoms with Gasteiger partial charge in [-0.3, -0.25) is 4.79 Å². The Kier molecular flexibility index (Phi) is 5.39. The van der Waals surface area contributed by atoms with Crippen molar-refractivity contribution in [2.75, 3.05) is 7.11 Å². The number of imidazole rings is 1. The SMILES string of the molecule is COc1ccc(/C=C/C(=O)Cc2cccc3ccn(Cc4cncn4C)c23)cc1O. The summed E-state index contributed by atoms with van der Waals surface area (Å²) in [7, 11) is 3.47. The van der Waals surface area contributed by atoms with Gasteiger partial charge in [-0.15, -0.1) is 0 Å². The Morgan fingerprint density at radius 2 is 2.10 bits per heavy atom. The van der Waals surface area contributed by atoms with E-state index in [4.69, 9.17) is 4.74 Å². The van der Waals surface area contributed by atoms with Gasteiger partial charge < -0.3 is 19.0 Å². The first-order valence-electron chi connectivity index (χ1n) is 9.65. The zero-order valence-corrected chi connectivity index (χ0v) is 16.9. The summed E-state index contributed by atoms with van der Waals surface area (Å²) in [5.41, 5.74) is 3.86. The van der Waals surface area contributed by atoms with Crippen LogP contribution in [0.4, 0.5) is 0 Å². The number of phenolic OH excluding ortho intramolecular Hbond substituents is 1. The Balaban J connectivity index is 1.56. The number of hydrogen-bond acceptors (Lipinski definition) is 4. The fraction of sp³-hybridized carbons (Fsp3) is 0.167. The predicted molar refractivity (Wildman–Crippen MR) is 117 cm³/mol. The molecular formula is C24H23N3O3. The van der Waals surface area contributed by atoms with Crippen molar-refractivity contribution in [3.05, 3.63) is 84.1 Å². The molecule has 4 rings (SSSR count). The number of rotatable bonds is 7. The zero-order chi connectivity index (χ0) is 21.1. The van der Waals surface area contributed by atoms with E-state index in [-0.39, 0.29) is 11.5 Å². The number of nitrogens with zero attached hydrogens (tertiary/aromatic N) is 3. The topological polar surface area (TPSA) is 69.3 Å². The van der Waals surface area contributed by atoms with Gasteiger partial charge in [0.2, 0.25) is 0 Å². The number of carbonyl (C=O) groups is 1. The van der Waals surface area contributed by atoms with Crippen LogP contribution in [-0.4, -0.2) is 32.1 Å². The van der Waals surface area contributed by atoms with Gasteiger partial charge in [-0.2, -0.15) is 0 Å². The Labute approximate surface area is 174 Å². The highest BCUT2D eigenvalue weighted by atomic mass is 16.5. The highest BCUT2D eigenvalue weighted by Crippen LogP contribution is 2.27. The Morgan fingerprint density at radius 3 is 2.83 bits per heavy atom. The molecule has 0 radical (unpaired) electrons. The van der Waals surface area contributed by atoms with Crippen molar-refractivity contribution in [1.82, 2.24) is 14.1 Å². The van der Waals surface area contributed by atoms with E-state index in [1.807, 2.05) is 36.1 Å².